The Hall–Kier alpha value is -0.830. The van der Waals surface area contributed by atoms with Crippen LogP contribution >= 0.6 is 0 Å². The molecule has 1 saturated carbocycles. The molecule has 1 heterocycles. The fourth-order valence-electron chi connectivity index (χ4n) is 2.70. The van der Waals surface area contributed by atoms with Gasteiger partial charge in [-0.1, -0.05) is 27.7 Å². The molecule has 0 aliphatic heterocycles. The van der Waals surface area contributed by atoms with Gasteiger partial charge in [-0.15, -0.1) is 0 Å². The van der Waals surface area contributed by atoms with Crippen molar-refractivity contribution in [3.8, 4) is 0 Å². The molecule has 16 heavy (non-hydrogen) atoms. The highest BCUT2D eigenvalue weighted by atomic mass is 15.3. The highest BCUT2D eigenvalue weighted by molar-refractivity contribution is 5.18. The van der Waals surface area contributed by atoms with Gasteiger partial charge >= 0.3 is 0 Å². The number of hydrogen-bond acceptors (Lipinski definition) is 2. The van der Waals surface area contributed by atoms with E-state index in [2.05, 4.69) is 44.2 Å². The summed E-state index contributed by atoms with van der Waals surface area (Å²) in [5, 5.41) is 7.84. The normalized spacial score (nSPS) is 22.3. The molecule has 0 radical (unpaired) electrons. The first-order valence-corrected chi connectivity index (χ1v) is 6.07. The van der Waals surface area contributed by atoms with Crippen LogP contribution in [0.25, 0.3) is 0 Å². The average molecular weight is 221 g/mol. The SMILES string of the molecule is Cn1nccc1CCNC1C(C)(C)C1(C)C. The molecule has 0 amide bonds. The lowest BCUT2D eigenvalue weighted by Gasteiger charge is -2.06. The van der Waals surface area contributed by atoms with E-state index in [0.717, 1.165) is 13.0 Å². The van der Waals surface area contributed by atoms with Crippen LogP contribution in [0.5, 0.6) is 0 Å². The Balaban J connectivity index is 1.81. The zero-order valence-corrected chi connectivity index (χ0v) is 11.0. The third-order valence-corrected chi connectivity index (χ3v) is 4.67. The quantitative estimate of drug-likeness (QED) is 0.842. The maximum atomic E-state index is 4.18. The lowest BCUT2D eigenvalue weighted by atomic mass is 10.0. The van der Waals surface area contributed by atoms with E-state index in [1.807, 2.05) is 17.9 Å². The molecule has 1 aromatic rings. The molecule has 1 aromatic heterocycles. The molecule has 0 atom stereocenters. The minimum absolute atomic E-state index is 0.430. The maximum absolute atomic E-state index is 4.18. The first kappa shape index (κ1) is 11.6. The van der Waals surface area contributed by atoms with Gasteiger partial charge < -0.3 is 5.32 Å². The molecule has 0 saturated heterocycles. The van der Waals surface area contributed by atoms with E-state index >= 15 is 0 Å². The van der Waals surface area contributed by atoms with Gasteiger partial charge in [-0.3, -0.25) is 4.68 Å². The molecular weight excluding hydrogens is 198 g/mol. The average Bonchev–Trinajstić information content (AvgIpc) is 2.52. The second kappa shape index (κ2) is 3.59. The van der Waals surface area contributed by atoms with E-state index in [4.69, 9.17) is 0 Å². The zero-order chi connectivity index (χ0) is 12.0. The lowest BCUT2D eigenvalue weighted by molar-refractivity contribution is 0.457. The number of rotatable bonds is 4. The topological polar surface area (TPSA) is 29.9 Å². The van der Waals surface area contributed by atoms with Crippen LogP contribution in [0.4, 0.5) is 0 Å². The van der Waals surface area contributed by atoms with Gasteiger partial charge in [0.1, 0.15) is 0 Å². The molecule has 2 rings (SSSR count). The number of nitrogens with one attached hydrogen (secondary N) is 1. The second-order valence-electron chi connectivity index (χ2n) is 6.03. The van der Waals surface area contributed by atoms with Gasteiger partial charge in [-0.05, 0) is 16.9 Å². The minimum atomic E-state index is 0.430. The summed E-state index contributed by atoms with van der Waals surface area (Å²) in [5.74, 6) is 0. The summed E-state index contributed by atoms with van der Waals surface area (Å²) >= 11 is 0. The Morgan fingerprint density at radius 3 is 2.38 bits per heavy atom. The maximum Gasteiger partial charge on any atom is 0.0492 e. The predicted octanol–water partition coefficient (Wildman–Crippen LogP) is 1.99. The fourth-order valence-corrected chi connectivity index (χ4v) is 2.70. The van der Waals surface area contributed by atoms with Crippen LogP contribution < -0.4 is 5.32 Å². The van der Waals surface area contributed by atoms with Gasteiger partial charge in [0.2, 0.25) is 0 Å². The summed E-state index contributed by atoms with van der Waals surface area (Å²) in [4.78, 5) is 0. The molecule has 0 aromatic carbocycles. The molecule has 1 aliphatic carbocycles. The Bertz CT molecular complexity index is 362. The van der Waals surface area contributed by atoms with Gasteiger partial charge in [0.15, 0.2) is 0 Å². The third-order valence-electron chi connectivity index (χ3n) is 4.67. The van der Waals surface area contributed by atoms with Gasteiger partial charge in [0.05, 0.1) is 0 Å². The molecular formula is C13H23N3. The van der Waals surface area contributed by atoms with E-state index in [0.29, 0.717) is 16.9 Å². The van der Waals surface area contributed by atoms with Crippen molar-refractivity contribution in [3.05, 3.63) is 18.0 Å². The Labute approximate surface area is 98.2 Å². The lowest BCUT2D eigenvalue weighted by Crippen LogP contribution is -2.25. The van der Waals surface area contributed by atoms with Crippen LogP contribution in [0, 0.1) is 10.8 Å². The molecule has 1 fully saturated rings. The summed E-state index contributed by atoms with van der Waals surface area (Å²) in [6, 6.07) is 2.73. The fraction of sp³-hybridized carbons (Fsp3) is 0.769. The highest BCUT2D eigenvalue weighted by Crippen LogP contribution is 2.62. The Morgan fingerprint density at radius 2 is 1.94 bits per heavy atom. The highest BCUT2D eigenvalue weighted by Gasteiger charge is 2.64. The van der Waals surface area contributed by atoms with Crippen molar-refractivity contribution in [2.45, 2.75) is 40.2 Å². The molecule has 0 spiro atoms. The van der Waals surface area contributed by atoms with Crippen LogP contribution in [0.3, 0.4) is 0 Å². The van der Waals surface area contributed by atoms with Gasteiger partial charge in [-0.25, -0.2) is 0 Å². The molecule has 0 unspecified atom stereocenters. The predicted molar refractivity (Wildman–Crippen MR) is 66.3 cm³/mol. The molecule has 90 valence electrons. The van der Waals surface area contributed by atoms with Gasteiger partial charge in [0.25, 0.3) is 0 Å². The van der Waals surface area contributed by atoms with Crippen molar-refractivity contribution in [3.63, 3.8) is 0 Å². The Morgan fingerprint density at radius 1 is 1.31 bits per heavy atom. The van der Waals surface area contributed by atoms with Gasteiger partial charge in [-0.2, -0.15) is 5.10 Å². The Kier molecular flexibility index (Phi) is 2.61. The second-order valence-corrected chi connectivity index (χ2v) is 6.03. The largest absolute Gasteiger partial charge is 0.312 e. The van der Waals surface area contributed by atoms with E-state index in [1.165, 1.54) is 5.69 Å². The summed E-state index contributed by atoms with van der Waals surface area (Å²) < 4.78 is 1.95. The van der Waals surface area contributed by atoms with Gasteiger partial charge in [0, 0.05) is 37.9 Å². The standard InChI is InChI=1S/C13H23N3/c1-12(2)11(13(12,3)4)14-8-6-10-7-9-15-16(10)5/h7,9,11,14H,6,8H2,1-5H3. The molecule has 3 nitrogen and oxygen atoms in total. The van der Waals surface area contributed by atoms with E-state index in [1.54, 1.807) is 0 Å². The minimum Gasteiger partial charge on any atom is -0.312 e. The van der Waals surface area contributed by atoms with E-state index in [-0.39, 0.29) is 0 Å². The third kappa shape index (κ3) is 1.67. The van der Waals surface area contributed by atoms with Crippen molar-refractivity contribution < 1.29 is 0 Å². The van der Waals surface area contributed by atoms with Crippen LogP contribution in [0.15, 0.2) is 12.3 Å². The van der Waals surface area contributed by atoms with Crippen molar-refractivity contribution in [2.75, 3.05) is 6.54 Å². The summed E-state index contributed by atoms with van der Waals surface area (Å²) in [6.45, 7) is 10.4. The van der Waals surface area contributed by atoms with Crippen molar-refractivity contribution >= 4 is 0 Å². The van der Waals surface area contributed by atoms with Crippen LogP contribution in [-0.4, -0.2) is 22.4 Å². The first-order valence-electron chi connectivity index (χ1n) is 6.07. The molecule has 0 bridgehead atoms. The zero-order valence-electron chi connectivity index (χ0n) is 11.0. The number of aryl methyl sites for hydroxylation is 1. The van der Waals surface area contributed by atoms with Crippen molar-refractivity contribution in [2.24, 2.45) is 17.9 Å². The van der Waals surface area contributed by atoms with Crippen LogP contribution in [0.2, 0.25) is 0 Å². The van der Waals surface area contributed by atoms with Crippen molar-refractivity contribution in [1.29, 1.82) is 0 Å². The monoisotopic (exact) mass is 221 g/mol. The number of nitrogens with zero attached hydrogens (tertiary/aromatic N) is 2. The molecule has 3 heteroatoms. The van der Waals surface area contributed by atoms with Crippen molar-refractivity contribution in [1.82, 2.24) is 15.1 Å². The smallest absolute Gasteiger partial charge is 0.0492 e. The summed E-state index contributed by atoms with van der Waals surface area (Å²) in [5.41, 5.74) is 2.16. The van der Waals surface area contributed by atoms with Crippen LogP contribution in [0.1, 0.15) is 33.4 Å². The number of hydrogen-bond donors (Lipinski definition) is 1. The first-order chi connectivity index (χ1) is 7.37. The van der Waals surface area contributed by atoms with Crippen LogP contribution in [-0.2, 0) is 13.5 Å². The summed E-state index contributed by atoms with van der Waals surface area (Å²) in [7, 11) is 2.00. The molecule has 1 aliphatic rings. The van der Waals surface area contributed by atoms with E-state index < -0.39 is 0 Å². The molecule has 1 N–H and O–H groups in total. The van der Waals surface area contributed by atoms with E-state index in [9.17, 15) is 0 Å². The number of aromatic nitrogens is 2. The summed E-state index contributed by atoms with van der Waals surface area (Å²) in [6.07, 6.45) is 2.92.